The number of hydrogen-bond donors (Lipinski definition) is 1. The molecule has 17 heavy (non-hydrogen) atoms. The Morgan fingerprint density at radius 1 is 1.47 bits per heavy atom. The highest BCUT2D eigenvalue weighted by atomic mass is 16.5. The lowest BCUT2D eigenvalue weighted by molar-refractivity contribution is 0.109. The van der Waals surface area contributed by atoms with E-state index in [0.717, 1.165) is 25.4 Å². The summed E-state index contributed by atoms with van der Waals surface area (Å²) in [5.74, 6) is 0.942. The molecular weight excluding hydrogens is 212 g/mol. The number of nitrogens with one attached hydrogen (secondary N) is 1. The third kappa shape index (κ3) is 2.61. The lowest BCUT2D eigenvalue weighted by atomic mass is 10.0. The molecule has 2 rings (SSSR count). The maximum Gasteiger partial charge on any atom is 0.119 e. The van der Waals surface area contributed by atoms with E-state index in [-0.39, 0.29) is 0 Å². The minimum atomic E-state index is 0.446. The van der Waals surface area contributed by atoms with E-state index in [0.29, 0.717) is 12.1 Å². The van der Waals surface area contributed by atoms with Crippen LogP contribution in [0.15, 0.2) is 24.3 Å². The molecule has 0 aromatic heterocycles. The molecule has 0 saturated carbocycles. The van der Waals surface area contributed by atoms with Crippen LogP contribution in [0.5, 0.6) is 5.75 Å². The van der Waals surface area contributed by atoms with Crippen LogP contribution < -0.4 is 10.1 Å². The standard InChI is InChI=1S/C14H22N2O/c1-4-16(13-9-15-10-13)11(2)12-6-5-7-14(8-12)17-3/h5-8,11,13,15H,4,9-10H2,1-3H3. The second-order valence-corrected chi connectivity index (χ2v) is 4.60. The minimum Gasteiger partial charge on any atom is -0.497 e. The zero-order chi connectivity index (χ0) is 12.3. The largest absolute Gasteiger partial charge is 0.497 e. The predicted octanol–water partition coefficient (Wildman–Crippen LogP) is 2.05. The van der Waals surface area contributed by atoms with Gasteiger partial charge in [-0.15, -0.1) is 0 Å². The van der Waals surface area contributed by atoms with Crippen LogP contribution in [0.25, 0.3) is 0 Å². The quantitative estimate of drug-likeness (QED) is 0.844. The molecule has 1 heterocycles. The summed E-state index contributed by atoms with van der Waals surface area (Å²) in [7, 11) is 1.72. The van der Waals surface area contributed by atoms with Crippen molar-refractivity contribution in [3.05, 3.63) is 29.8 Å². The highest BCUT2D eigenvalue weighted by molar-refractivity contribution is 5.30. The summed E-state index contributed by atoms with van der Waals surface area (Å²) in [4.78, 5) is 2.55. The van der Waals surface area contributed by atoms with Crippen LogP contribution in [0.4, 0.5) is 0 Å². The molecular formula is C14H22N2O. The second kappa shape index (κ2) is 5.52. The number of methoxy groups -OCH3 is 1. The molecule has 1 saturated heterocycles. The number of likely N-dealkylation sites (N-methyl/N-ethyl adjacent to an activating group) is 1. The molecule has 1 fully saturated rings. The smallest absolute Gasteiger partial charge is 0.119 e. The van der Waals surface area contributed by atoms with Gasteiger partial charge in [-0.25, -0.2) is 0 Å². The fraction of sp³-hybridized carbons (Fsp3) is 0.571. The van der Waals surface area contributed by atoms with Crippen molar-refractivity contribution in [1.82, 2.24) is 10.2 Å². The van der Waals surface area contributed by atoms with Gasteiger partial charge in [0.05, 0.1) is 7.11 Å². The molecule has 0 spiro atoms. The molecule has 0 bridgehead atoms. The van der Waals surface area contributed by atoms with E-state index in [1.165, 1.54) is 5.56 Å². The summed E-state index contributed by atoms with van der Waals surface area (Å²) >= 11 is 0. The fourth-order valence-corrected chi connectivity index (χ4v) is 2.45. The Hall–Kier alpha value is -1.06. The van der Waals surface area contributed by atoms with Crippen molar-refractivity contribution < 1.29 is 4.74 Å². The summed E-state index contributed by atoms with van der Waals surface area (Å²) in [6, 6.07) is 9.51. The van der Waals surface area contributed by atoms with E-state index in [1.807, 2.05) is 6.07 Å². The average molecular weight is 234 g/mol. The zero-order valence-electron chi connectivity index (χ0n) is 10.9. The molecule has 3 heteroatoms. The van der Waals surface area contributed by atoms with Crippen LogP contribution in [0.1, 0.15) is 25.5 Å². The van der Waals surface area contributed by atoms with Gasteiger partial charge in [-0.3, -0.25) is 4.90 Å². The first-order valence-electron chi connectivity index (χ1n) is 6.36. The van der Waals surface area contributed by atoms with E-state index in [1.54, 1.807) is 7.11 Å². The molecule has 0 amide bonds. The normalized spacial score (nSPS) is 17.9. The molecule has 1 atom stereocenters. The van der Waals surface area contributed by atoms with Crippen molar-refractivity contribution in [2.75, 3.05) is 26.7 Å². The predicted molar refractivity (Wildman–Crippen MR) is 70.4 cm³/mol. The summed E-state index contributed by atoms with van der Waals surface area (Å²) in [5.41, 5.74) is 1.33. The highest BCUT2D eigenvalue weighted by Gasteiger charge is 2.27. The first-order chi connectivity index (χ1) is 8.26. The van der Waals surface area contributed by atoms with Crippen molar-refractivity contribution in [2.24, 2.45) is 0 Å². The lowest BCUT2D eigenvalue weighted by Gasteiger charge is -2.41. The first kappa shape index (κ1) is 12.4. The van der Waals surface area contributed by atoms with Gasteiger partial charge in [-0.05, 0) is 31.2 Å². The Labute approximate surface area is 104 Å². The van der Waals surface area contributed by atoms with E-state index >= 15 is 0 Å². The second-order valence-electron chi connectivity index (χ2n) is 4.60. The molecule has 3 nitrogen and oxygen atoms in total. The third-order valence-corrected chi connectivity index (χ3v) is 3.67. The maximum atomic E-state index is 5.29. The van der Waals surface area contributed by atoms with Crippen LogP contribution in [-0.4, -0.2) is 37.7 Å². The van der Waals surface area contributed by atoms with Crippen molar-refractivity contribution in [3.8, 4) is 5.75 Å². The molecule has 0 radical (unpaired) electrons. The Kier molecular flexibility index (Phi) is 4.02. The van der Waals surface area contributed by atoms with E-state index < -0.39 is 0 Å². The van der Waals surface area contributed by atoms with Gasteiger partial charge in [0.25, 0.3) is 0 Å². The van der Waals surface area contributed by atoms with E-state index in [9.17, 15) is 0 Å². The van der Waals surface area contributed by atoms with Gasteiger partial charge in [-0.1, -0.05) is 19.1 Å². The maximum absolute atomic E-state index is 5.29. The van der Waals surface area contributed by atoms with Gasteiger partial charge in [0.1, 0.15) is 5.75 Å². The summed E-state index contributed by atoms with van der Waals surface area (Å²) in [5, 5.41) is 3.34. The summed E-state index contributed by atoms with van der Waals surface area (Å²) < 4.78 is 5.29. The summed E-state index contributed by atoms with van der Waals surface area (Å²) in [6.45, 7) is 7.82. The van der Waals surface area contributed by atoms with Crippen LogP contribution in [0.2, 0.25) is 0 Å². The zero-order valence-corrected chi connectivity index (χ0v) is 10.9. The number of ether oxygens (including phenoxy) is 1. The SMILES string of the molecule is CCN(C1CNC1)C(C)c1cccc(OC)c1. The van der Waals surface area contributed by atoms with Gasteiger partial charge in [-0.2, -0.15) is 0 Å². The molecule has 1 aliphatic heterocycles. The van der Waals surface area contributed by atoms with Gasteiger partial charge < -0.3 is 10.1 Å². The van der Waals surface area contributed by atoms with Crippen LogP contribution in [0.3, 0.4) is 0 Å². The van der Waals surface area contributed by atoms with Crippen molar-refractivity contribution in [3.63, 3.8) is 0 Å². The van der Waals surface area contributed by atoms with Gasteiger partial charge in [0, 0.05) is 25.2 Å². The van der Waals surface area contributed by atoms with E-state index in [2.05, 4.69) is 42.3 Å². The third-order valence-electron chi connectivity index (χ3n) is 3.67. The van der Waals surface area contributed by atoms with Crippen LogP contribution >= 0.6 is 0 Å². The van der Waals surface area contributed by atoms with Gasteiger partial charge in [0.2, 0.25) is 0 Å². The topological polar surface area (TPSA) is 24.5 Å². The van der Waals surface area contributed by atoms with Crippen LogP contribution in [0, 0.1) is 0 Å². The van der Waals surface area contributed by atoms with Crippen molar-refractivity contribution in [2.45, 2.75) is 25.9 Å². The molecule has 94 valence electrons. The monoisotopic (exact) mass is 234 g/mol. The minimum absolute atomic E-state index is 0.446. The molecule has 1 unspecified atom stereocenters. The fourth-order valence-electron chi connectivity index (χ4n) is 2.45. The number of benzene rings is 1. The van der Waals surface area contributed by atoms with Gasteiger partial charge in [0.15, 0.2) is 0 Å². The number of nitrogens with zero attached hydrogens (tertiary/aromatic N) is 1. The Morgan fingerprint density at radius 3 is 2.76 bits per heavy atom. The molecule has 1 aliphatic rings. The molecule has 1 aromatic rings. The van der Waals surface area contributed by atoms with Crippen molar-refractivity contribution >= 4 is 0 Å². The Balaban J connectivity index is 2.12. The van der Waals surface area contributed by atoms with Crippen molar-refractivity contribution in [1.29, 1.82) is 0 Å². The van der Waals surface area contributed by atoms with Crippen LogP contribution in [-0.2, 0) is 0 Å². The summed E-state index contributed by atoms with van der Waals surface area (Å²) in [6.07, 6.45) is 0. The molecule has 1 N–H and O–H groups in total. The average Bonchev–Trinajstić information content (AvgIpc) is 2.32. The molecule has 1 aromatic carbocycles. The Bertz CT molecular complexity index is 363. The number of hydrogen-bond acceptors (Lipinski definition) is 3. The highest BCUT2D eigenvalue weighted by Crippen LogP contribution is 2.26. The number of rotatable bonds is 5. The first-order valence-corrected chi connectivity index (χ1v) is 6.36. The molecule has 0 aliphatic carbocycles. The Morgan fingerprint density at radius 2 is 2.24 bits per heavy atom. The van der Waals surface area contributed by atoms with Gasteiger partial charge >= 0.3 is 0 Å². The lowest BCUT2D eigenvalue weighted by Crippen LogP contribution is -2.57. The van der Waals surface area contributed by atoms with E-state index in [4.69, 9.17) is 4.74 Å².